The zero-order valence-corrected chi connectivity index (χ0v) is 24.2. The molecule has 3 aromatic carbocycles. The summed E-state index contributed by atoms with van der Waals surface area (Å²) < 4.78 is 39.7. The zero-order valence-electron chi connectivity index (χ0n) is 23.4. The topological polar surface area (TPSA) is 105 Å². The largest absolute Gasteiger partial charge is 0.493 e. The van der Waals surface area contributed by atoms with Gasteiger partial charge in [0.2, 0.25) is 11.8 Å². The number of anilines is 1. The molecule has 0 saturated heterocycles. The lowest BCUT2D eigenvalue weighted by molar-refractivity contribution is -0.140. The third-order valence-electron chi connectivity index (χ3n) is 6.40. The molecule has 0 spiro atoms. The predicted molar refractivity (Wildman–Crippen MR) is 155 cm³/mol. The second-order valence-electron chi connectivity index (χ2n) is 9.09. The molecule has 0 heterocycles. The van der Waals surface area contributed by atoms with Crippen LogP contribution in [0.3, 0.4) is 0 Å². The van der Waals surface area contributed by atoms with Gasteiger partial charge in [0.1, 0.15) is 12.6 Å². The second kappa shape index (κ2) is 14.4. The number of hydrogen-bond acceptors (Lipinski definition) is 6. The maximum Gasteiger partial charge on any atom is 0.264 e. The van der Waals surface area contributed by atoms with Crippen LogP contribution in [-0.2, 0) is 26.2 Å². The van der Waals surface area contributed by atoms with E-state index < -0.39 is 28.5 Å². The first-order valence-electron chi connectivity index (χ1n) is 13.2. The van der Waals surface area contributed by atoms with Crippen molar-refractivity contribution in [1.29, 1.82) is 0 Å². The summed E-state index contributed by atoms with van der Waals surface area (Å²) >= 11 is 0. The molecule has 1 N–H and O–H groups in total. The number of nitrogens with zero attached hydrogens (tertiary/aromatic N) is 2. The van der Waals surface area contributed by atoms with Gasteiger partial charge in [-0.15, -0.1) is 0 Å². The van der Waals surface area contributed by atoms with Crippen LogP contribution in [-0.4, -0.2) is 58.5 Å². The van der Waals surface area contributed by atoms with Gasteiger partial charge in [-0.2, -0.15) is 0 Å². The summed E-state index contributed by atoms with van der Waals surface area (Å²) in [5, 5.41) is 2.88. The van der Waals surface area contributed by atoms with Crippen LogP contribution in [0.25, 0.3) is 0 Å². The van der Waals surface area contributed by atoms with Crippen molar-refractivity contribution in [3.63, 3.8) is 0 Å². The number of nitrogens with one attached hydrogen (secondary N) is 1. The first-order chi connectivity index (χ1) is 19.3. The average Bonchev–Trinajstić information content (AvgIpc) is 2.98. The van der Waals surface area contributed by atoms with Crippen LogP contribution < -0.4 is 19.1 Å². The molecule has 0 aliphatic heterocycles. The molecule has 0 aliphatic rings. The Labute approximate surface area is 236 Å². The summed E-state index contributed by atoms with van der Waals surface area (Å²) in [4.78, 5) is 28.5. The molecule has 3 rings (SSSR count). The van der Waals surface area contributed by atoms with E-state index in [4.69, 9.17) is 9.47 Å². The van der Waals surface area contributed by atoms with Gasteiger partial charge in [0, 0.05) is 19.2 Å². The van der Waals surface area contributed by atoms with Gasteiger partial charge in [0.15, 0.2) is 11.5 Å². The molecule has 1 atom stereocenters. The third kappa shape index (κ3) is 7.32. The minimum absolute atomic E-state index is 0.0656. The molecule has 10 heteroatoms. The predicted octanol–water partition coefficient (Wildman–Crippen LogP) is 4.23. The molecule has 9 nitrogen and oxygen atoms in total. The number of carbonyl (C=O) groups excluding carboxylic acids is 2. The maximum absolute atomic E-state index is 14.0. The molecule has 0 fully saturated rings. The van der Waals surface area contributed by atoms with Gasteiger partial charge in [0.25, 0.3) is 10.0 Å². The fourth-order valence-electron chi connectivity index (χ4n) is 4.29. The highest BCUT2D eigenvalue weighted by Crippen LogP contribution is 2.32. The Morgan fingerprint density at radius 3 is 2.08 bits per heavy atom. The normalized spacial score (nSPS) is 11.8. The summed E-state index contributed by atoms with van der Waals surface area (Å²) in [6.07, 6.45) is 1.11. The lowest BCUT2D eigenvalue weighted by Gasteiger charge is -2.33. The van der Waals surface area contributed by atoms with E-state index in [-0.39, 0.29) is 23.1 Å². The van der Waals surface area contributed by atoms with E-state index in [0.29, 0.717) is 24.4 Å². The third-order valence-corrected chi connectivity index (χ3v) is 8.17. The van der Waals surface area contributed by atoms with Crippen LogP contribution in [0.5, 0.6) is 11.5 Å². The Hall–Kier alpha value is -4.05. The number of ether oxygens (including phenoxy) is 2. The molecular weight excluding hydrogens is 530 g/mol. The van der Waals surface area contributed by atoms with Crippen molar-refractivity contribution in [3.8, 4) is 11.5 Å². The maximum atomic E-state index is 14.0. The number of benzene rings is 3. The molecule has 214 valence electrons. The fraction of sp³-hybridized carbons (Fsp3) is 0.333. The van der Waals surface area contributed by atoms with Gasteiger partial charge in [-0.25, -0.2) is 8.42 Å². The average molecular weight is 568 g/mol. The summed E-state index contributed by atoms with van der Waals surface area (Å²) in [6, 6.07) is 21.2. The molecule has 0 bridgehead atoms. The lowest BCUT2D eigenvalue weighted by Crippen LogP contribution is -2.52. The van der Waals surface area contributed by atoms with E-state index in [1.165, 1.54) is 37.3 Å². The Morgan fingerprint density at radius 1 is 0.875 bits per heavy atom. The molecule has 0 unspecified atom stereocenters. The standard InChI is InChI=1S/C30H37N3O6S/c1-5-19-31-30(35)26(6-2)32(21-23-13-9-7-10-14-23)29(34)22-33(24-15-11-8-12-16-24)40(36,37)25-17-18-27(38-3)28(20-25)39-4/h7-18,20,26H,5-6,19,21-22H2,1-4H3,(H,31,35)/t26-/m0/s1. The first-order valence-corrected chi connectivity index (χ1v) is 14.6. The number of hydrogen-bond donors (Lipinski definition) is 1. The van der Waals surface area contributed by atoms with Crippen molar-refractivity contribution in [2.45, 2.75) is 44.2 Å². The van der Waals surface area contributed by atoms with Gasteiger partial charge in [0.05, 0.1) is 24.8 Å². The van der Waals surface area contributed by atoms with Crippen LogP contribution in [0, 0.1) is 0 Å². The molecule has 2 amide bonds. The number of sulfonamides is 1. The Kier molecular flexibility index (Phi) is 11.0. The zero-order chi connectivity index (χ0) is 29.1. The van der Waals surface area contributed by atoms with Crippen LogP contribution in [0.1, 0.15) is 32.3 Å². The Morgan fingerprint density at radius 2 is 1.50 bits per heavy atom. The van der Waals surface area contributed by atoms with E-state index in [1.807, 2.05) is 44.2 Å². The van der Waals surface area contributed by atoms with E-state index in [2.05, 4.69) is 5.32 Å². The minimum Gasteiger partial charge on any atom is -0.493 e. The van der Waals surface area contributed by atoms with E-state index in [1.54, 1.807) is 30.3 Å². The van der Waals surface area contributed by atoms with E-state index in [9.17, 15) is 18.0 Å². The summed E-state index contributed by atoms with van der Waals surface area (Å²) in [7, 11) is -1.35. The van der Waals surface area contributed by atoms with Crippen molar-refractivity contribution in [3.05, 3.63) is 84.4 Å². The molecule has 0 saturated carbocycles. The molecule has 0 aromatic heterocycles. The number of methoxy groups -OCH3 is 2. The van der Waals surface area contributed by atoms with Crippen LogP contribution in [0.2, 0.25) is 0 Å². The number of carbonyl (C=O) groups is 2. The Balaban J connectivity index is 2.05. The quantitative estimate of drug-likeness (QED) is 0.313. The Bertz CT molecular complexity index is 1370. The van der Waals surface area contributed by atoms with Gasteiger partial charge in [-0.3, -0.25) is 13.9 Å². The van der Waals surface area contributed by atoms with Crippen LogP contribution in [0.15, 0.2) is 83.8 Å². The molecule has 40 heavy (non-hydrogen) atoms. The van der Waals surface area contributed by atoms with Crippen molar-refractivity contribution >= 4 is 27.5 Å². The second-order valence-corrected chi connectivity index (χ2v) is 10.9. The SMILES string of the molecule is CCCNC(=O)[C@H](CC)N(Cc1ccccc1)C(=O)CN(c1ccccc1)S(=O)(=O)c1ccc(OC)c(OC)c1. The number of amides is 2. The highest BCUT2D eigenvalue weighted by Gasteiger charge is 2.34. The van der Waals surface area contributed by atoms with Gasteiger partial charge < -0.3 is 19.7 Å². The smallest absolute Gasteiger partial charge is 0.264 e. The molecular formula is C30H37N3O6S. The fourth-order valence-corrected chi connectivity index (χ4v) is 5.72. The molecule has 0 radical (unpaired) electrons. The van der Waals surface area contributed by atoms with Gasteiger partial charge in [-0.1, -0.05) is 62.4 Å². The summed E-state index contributed by atoms with van der Waals surface area (Å²) in [6.45, 7) is 3.90. The summed E-state index contributed by atoms with van der Waals surface area (Å²) in [5.74, 6) is -0.160. The number of para-hydroxylation sites is 1. The molecule has 3 aromatic rings. The lowest BCUT2D eigenvalue weighted by atomic mass is 10.1. The highest BCUT2D eigenvalue weighted by molar-refractivity contribution is 7.92. The van der Waals surface area contributed by atoms with Gasteiger partial charge >= 0.3 is 0 Å². The monoisotopic (exact) mass is 567 g/mol. The molecule has 0 aliphatic carbocycles. The minimum atomic E-state index is -4.23. The highest BCUT2D eigenvalue weighted by atomic mass is 32.2. The summed E-state index contributed by atoms with van der Waals surface area (Å²) in [5.41, 5.74) is 1.14. The van der Waals surface area contributed by atoms with Crippen molar-refractivity contribution < 1.29 is 27.5 Å². The van der Waals surface area contributed by atoms with Crippen molar-refractivity contribution in [2.24, 2.45) is 0 Å². The van der Waals surface area contributed by atoms with E-state index in [0.717, 1.165) is 16.3 Å². The van der Waals surface area contributed by atoms with E-state index >= 15 is 0 Å². The van der Waals surface area contributed by atoms with Crippen molar-refractivity contribution in [2.75, 3.05) is 31.6 Å². The van der Waals surface area contributed by atoms with Gasteiger partial charge in [-0.05, 0) is 42.7 Å². The van der Waals surface area contributed by atoms with Crippen LogP contribution in [0.4, 0.5) is 5.69 Å². The van der Waals surface area contributed by atoms with Crippen LogP contribution >= 0.6 is 0 Å². The number of rotatable bonds is 14. The first kappa shape index (κ1) is 30.5. The van der Waals surface area contributed by atoms with Crippen molar-refractivity contribution in [1.82, 2.24) is 10.2 Å².